The van der Waals surface area contributed by atoms with E-state index < -0.39 is 17.3 Å². The lowest BCUT2D eigenvalue weighted by atomic mass is 9.81. The van der Waals surface area contributed by atoms with Crippen molar-refractivity contribution in [3.63, 3.8) is 0 Å². The number of nitrogens with one attached hydrogen (secondary N) is 1. The third kappa shape index (κ3) is 5.92. The van der Waals surface area contributed by atoms with Crippen molar-refractivity contribution in [2.24, 2.45) is 4.99 Å². The Hall–Kier alpha value is -2.30. The van der Waals surface area contributed by atoms with E-state index in [1.54, 1.807) is 13.1 Å². The van der Waals surface area contributed by atoms with E-state index in [1.165, 1.54) is 17.4 Å². The highest BCUT2D eigenvalue weighted by atomic mass is 32.1. The molecular weight excluding hydrogens is 477 g/mol. The average molecular weight is 509 g/mol. The monoisotopic (exact) mass is 508 g/mol. The Morgan fingerprint density at radius 3 is 2.63 bits per heavy atom. The number of aliphatic hydroxyl groups is 1. The molecule has 4 rings (SSSR count). The average Bonchev–Trinajstić information content (AvgIpc) is 3.33. The van der Waals surface area contributed by atoms with Crippen molar-refractivity contribution in [2.75, 3.05) is 19.6 Å². The highest BCUT2D eigenvalue weighted by Gasteiger charge is 2.41. The molecule has 190 valence electrons. The summed E-state index contributed by atoms with van der Waals surface area (Å²) in [5.74, 6) is -0.230. The van der Waals surface area contributed by atoms with Crippen LogP contribution in [0.2, 0.25) is 0 Å². The van der Waals surface area contributed by atoms with Gasteiger partial charge in [0.25, 0.3) is 0 Å². The number of aliphatic imine (C=N–C) groups is 1. The predicted molar refractivity (Wildman–Crippen MR) is 130 cm³/mol. The topological polar surface area (TPSA) is 77.8 Å². The lowest BCUT2D eigenvalue weighted by molar-refractivity contribution is -0.137. The number of carbonyl (C=O) groups is 1. The Labute approximate surface area is 207 Å². The molecule has 0 unspecified atom stereocenters. The number of hydrogen-bond acceptors (Lipinski definition) is 6. The minimum absolute atomic E-state index is 0.0397. The third-order valence-electron chi connectivity index (χ3n) is 7.03. The van der Waals surface area contributed by atoms with E-state index >= 15 is 0 Å². The maximum atomic E-state index is 13.1. The first-order valence-corrected chi connectivity index (χ1v) is 12.8. The lowest BCUT2D eigenvalue weighted by Crippen LogP contribution is -2.63. The third-order valence-corrected chi connectivity index (χ3v) is 7.99. The molecule has 1 saturated heterocycles. The standard InChI is InChI=1S/C25H31F3N4O2S/c1-3-21(20-12-17(25(26,27)28)5-4-16(20)2)30-13-22(33)31-18-14-32(15-18)19-6-8-24(34,9-7-19)23-29-10-11-35-23/h4-5,10-12,18-19,34H,3,6-9,13-15H2,1-2H3,(H,31,33). The molecule has 10 heteroatoms. The number of rotatable bonds is 7. The quantitative estimate of drug-likeness (QED) is 0.547. The summed E-state index contributed by atoms with van der Waals surface area (Å²) in [6, 6.07) is 4.04. The van der Waals surface area contributed by atoms with Crippen LogP contribution in [0.15, 0.2) is 34.8 Å². The van der Waals surface area contributed by atoms with Crippen molar-refractivity contribution in [2.45, 2.75) is 69.8 Å². The van der Waals surface area contributed by atoms with E-state index in [1.807, 2.05) is 12.3 Å². The van der Waals surface area contributed by atoms with Crippen LogP contribution in [0.3, 0.4) is 0 Å². The molecule has 2 heterocycles. The van der Waals surface area contributed by atoms with Crippen molar-refractivity contribution in [1.82, 2.24) is 15.2 Å². The van der Waals surface area contributed by atoms with Gasteiger partial charge in [-0.05, 0) is 62.3 Å². The molecule has 0 spiro atoms. The van der Waals surface area contributed by atoms with E-state index in [-0.39, 0.29) is 18.5 Å². The first kappa shape index (κ1) is 25.8. The first-order valence-electron chi connectivity index (χ1n) is 12.0. The van der Waals surface area contributed by atoms with Gasteiger partial charge in [0.1, 0.15) is 17.2 Å². The van der Waals surface area contributed by atoms with Crippen molar-refractivity contribution >= 4 is 23.0 Å². The minimum atomic E-state index is -4.42. The summed E-state index contributed by atoms with van der Waals surface area (Å²) in [7, 11) is 0. The first-order chi connectivity index (χ1) is 16.6. The Bertz CT molecular complexity index is 1060. The van der Waals surface area contributed by atoms with E-state index in [2.05, 4.69) is 20.2 Å². The zero-order valence-electron chi connectivity index (χ0n) is 19.9. The number of aromatic nitrogens is 1. The van der Waals surface area contributed by atoms with Gasteiger partial charge in [-0.1, -0.05) is 13.0 Å². The number of benzene rings is 1. The second kappa shape index (κ2) is 10.4. The van der Waals surface area contributed by atoms with Crippen molar-refractivity contribution in [3.05, 3.63) is 51.5 Å². The van der Waals surface area contributed by atoms with Gasteiger partial charge < -0.3 is 10.4 Å². The van der Waals surface area contributed by atoms with Crippen LogP contribution < -0.4 is 5.32 Å². The number of thiazole rings is 1. The smallest absolute Gasteiger partial charge is 0.383 e. The highest BCUT2D eigenvalue weighted by molar-refractivity contribution is 7.09. The zero-order chi connectivity index (χ0) is 25.2. The van der Waals surface area contributed by atoms with E-state index in [4.69, 9.17) is 0 Å². The molecule has 1 amide bonds. The molecule has 2 N–H and O–H groups in total. The number of carbonyl (C=O) groups excluding carboxylic acids is 1. The van der Waals surface area contributed by atoms with Gasteiger partial charge in [-0.2, -0.15) is 13.2 Å². The van der Waals surface area contributed by atoms with Gasteiger partial charge in [-0.3, -0.25) is 14.7 Å². The fraction of sp³-hybridized carbons (Fsp3) is 0.560. The molecule has 1 saturated carbocycles. The van der Waals surface area contributed by atoms with Crippen LogP contribution in [0.5, 0.6) is 0 Å². The molecule has 0 atom stereocenters. The van der Waals surface area contributed by atoms with E-state index in [9.17, 15) is 23.1 Å². The Balaban J connectivity index is 1.26. The van der Waals surface area contributed by atoms with Gasteiger partial charge >= 0.3 is 6.18 Å². The molecule has 1 aromatic carbocycles. The molecule has 0 radical (unpaired) electrons. The molecule has 2 aromatic rings. The van der Waals surface area contributed by atoms with Gasteiger partial charge in [-0.25, -0.2) is 4.98 Å². The molecular formula is C25H31F3N4O2S. The SMILES string of the molecule is CCC(=NCC(=O)NC1CN(C2CCC(O)(c3nccs3)CC2)C1)c1cc(C(F)(F)F)ccc1C. The minimum Gasteiger partial charge on any atom is -0.383 e. The number of nitrogens with zero attached hydrogens (tertiary/aromatic N) is 3. The zero-order valence-corrected chi connectivity index (χ0v) is 20.8. The van der Waals surface area contributed by atoms with Gasteiger partial charge in [-0.15, -0.1) is 11.3 Å². The van der Waals surface area contributed by atoms with Gasteiger partial charge in [0.05, 0.1) is 11.6 Å². The number of alkyl halides is 3. The number of amides is 1. The van der Waals surface area contributed by atoms with Crippen LogP contribution in [0.4, 0.5) is 13.2 Å². The summed E-state index contributed by atoms with van der Waals surface area (Å²) >= 11 is 1.49. The number of aryl methyl sites for hydroxylation is 1. The van der Waals surface area contributed by atoms with Gasteiger partial charge in [0, 0.05) is 36.4 Å². The molecule has 1 aromatic heterocycles. The van der Waals surface area contributed by atoms with Crippen LogP contribution in [0.1, 0.15) is 60.7 Å². The molecule has 0 bridgehead atoms. The number of likely N-dealkylation sites (tertiary alicyclic amines) is 1. The van der Waals surface area contributed by atoms with Gasteiger partial charge in [0.15, 0.2) is 0 Å². The normalized spacial score (nSPS) is 24.3. The van der Waals surface area contributed by atoms with E-state index in [0.29, 0.717) is 42.1 Å². The predicted octanol–water partition coefficient (Wildman–Crippen LogP) is 4.30. The molecule has 35 heavy (non-hydrogen) atoms. The second-order valence-electron chi connectivity index (χ2n) is 9.46. The lowest BCUT2D eigenvalue weighted by Gasteiger charge is -2.47. The van der Waals surface area contributed by atoms with Crippen LogP contribution in [-0.4, -0.2) is 58.3 Å². The summed E-state index contributed by atoms with van der Waals surface area (Å²) in [6.07, 6.45) is 0.869. The Morgan fingerprint density at radius 1 is 1.31 bits per heavy atom. The van der Waals surface area contributed by atoms with Gasteiger partial charge in [0.2, 0.25) is 5.91 Å². The molecule has 6 nitrogen and oxygen atoms in total. The van der Waals surface area contributed by atoms with E-state index in [0.717, 1.165) is 43.1 Å². The fourth-order valence-electron chi connectivity index (χ4n) is 4.95. The molecule has 2 fully saturated rings. The van der Waals surface area contributed by atoms with Crippen molar-refractivity contribution in [1.29, 1.82) is 0 Å². The maximum Gasteiger partial charge on any atom is 0.416 e. The molecule has 1 aliphatic heterocycles. The fourth-order valence-corrected chi connectivity index (χ4v) is 5.75. The second-order valence-corrected chi connectivity index (χ2v) is 10.4. The molecule has 1 aliphatic carbocycles. The Morgan fingerprint density at radius 2 is 2.03 bits per heavy atom. The largest absolute Gasteiger partial charge is 0.416 e. The number of halogens is 3. The maximum absolute atomic E-state index is 13.1. The van der Waals surface area contributed by atoms with Crippen LogP contribution in [0.25, 0.3) is 0 Å². The van der Waals surface area contributed by atoms with Crippen LogP contribution >= 0.6 is 11.3 Å². The van der Waals surface area contributed by atoms with Crippen molar-refractivity contribution < 1.29 is 23.1 Å². The van der Waals surface area contributed by atoms with Crippen molar-refractivity contribution in [3.8, 4) is 0 Å². The number of hydrogen-bond donors (Lipinski definition) is 2. The summed E-state index contributed by atoms with van der Waals surface area (Å²) in [5, 5.41) is 16.5. The summed E-state index contributed by atoms with van der Waals surface area (Å²) in [4.78, 5) is 23.4. The highest BCUT2D eigenvalue weighted by Crippen LogP contribution is 2.40. The van der Waals surface area contributed by atoms with Crippen LogP contribution in [-0.2, 0) is 16.6 Å². The summed E-state index contributed by atoms with van der Waals surface area (Å²) < 4.78 is 39.3. The summed E-state index contributed by atoms with van der Waals surface area (Å²) in [6.45, 7) is 4.96. The Kier molecular flexibility index (Phi) is 7.63. The molecule has 2 aliphatic rings. The summed E-state index contributed by atoms with van der Waals surface area (Å²) in [5.41, 5.74) is 0.0821. The van der Waals surface area contributed by atoms with Crippen LogP contribution in [0, 0.1) is 6.92 Å².